The molecule has 0 saturated carbocycles. The molecule has 28 nitrogen and oxygen atoms in total. The Kier molecular flexibility index (Phi) is 15.0. The molecule has 2 fully saturated rings. The minimum absolute atomic E-state index is 0.00626. The van der Waals surface area contributed by atoms with Crippen molar-refractivity contribution in [3.63, 3.8) is 0 Å². The number of benzene rings is 1. The zero-order valence-corrected chi connectivity index (χ0v) is 37.8. The van der Waals surface area contributed by atoms with Crippen LogP contribution in [0.25, 0.3) is 16.9 Å². The molecule has 0 bridgehead atoms. The molecule has 3 aliphatic heterocycles. The van der Waals surface area contributed by atoms with Gasteiger partial charge in [0.15, 0.2) is 24.3 Å². The summed E-state index contributed by atoms with van der Waals surface area (Å²) in [4.78, 5) is 59.6. The summed E-state index contributed by atoms with van der Waals surface area (Å²) in [5.41, 5.74) is 11.6. The van der Waals surface area contributed by atoms with E-state index in [0.717, 1.165) is 0 Å². The van der Waals surface area contributed by atoms with Gasteiger partial charge in [-0.1, -0.05) is 23.2 Å². The average Bonchev–Trinajstić information content (AvgIpc) is 3.96. The van der Waals surface area contributed by atoms with Crippen LogP contribution in [0.15, 0.2) is 53.3 Å². The van der Waals surface area contributed by atoms with Crippen LogP contribution in [0.5, 0.6) is 5.75 Å². The number of aliphatic hydroxyl groups is 3. The van der Waals surface area contributed by atoms with E-state index in [2.05, 4.69) is 40.5 Å². The molecule has 0 amide bonds. The van der Waals surface area contributed by atoms with Crippen LogP contribution < -0.4 is 31.6 Å². The van der Waals surface area contributed by atoms with Gasteiger partial charge in [-0.05, 0) is 36.1 Å². The van der Waals surface area contributed by atoms with Crippen LogP contribution in [-0.4, -0.2) is 137 Å². The molecule has 33 heteroatoms. The van der Waals surface area contributed by atoms with Gasteiger partial charge in [0.1, 0.15) is 61.2 Å². The van der Waals surface area contributed by atoms with Crippen LogP contribution in [-0.2, 0) is 64.1 Å². The first-order valence-electron chi connectivity index (χ1n) is 18.9. The Morgan fingerprint density at radius 3 is 2.31 bits per heavy atom. The third kappa shape index (κ3) is 11.3. The number of imidazole rings is 2. The number of nitrogen functional groups attached to an aromatic ring is 1. The monoisotopic (exact) mass is 1020 g/mol. The van der Waals surface area contributed by atoms with Gasteiger partial charge in [-0.3, -0.25) is 28.0 Å². The molecule has 2 saturated heterocycles. The number of phosphoric acid groups is 2. The standard InChI is InChI=1S/C32H42ClN10O18P3S/c1-15-20-26(38-31(34)37-15)42(13-36-20)29-24(46)22(44)18(58-29)11-56-62(48,49)60-64(52,65)61-63(50,51)57-12-19-23(45)25(55-10-9-53-2)30(59-19)43-14-41(21-27(43)39-32(35)40-28(21)47)7-8-54-17-5-3-16(33)4-6-17/h3-6,13-14,18-19,22-25,29-30,44-46H,1,7-12H2,2H3,(H8-,34,35,37,38,39,40,47,48,49,50,51,52,65)/p+1/t18?,19-,22-,23-,24-,25-,29-,30?,64?/m1/s1. The Morgan fingerprint density at radius 1 is 0.985 bits per heavy atom. The fraction of sp³-hybridized carbons (Fsp3) is 0.469. The number of guanidine groups is 1. The minimum Gasteiger partial charge on any atom is -0.490 e. The number of aliphatic hydroxyl groups excluding tert-OH is 3. The maximum Gasteiger partial charge on any atom is 0.479 e. The van der Waals surface area contributed by atoms with Crippen LogP contribution in [0, 0.1) is 0 Å². The van der Waals surface area contributed by atoms with E-state index in [1.807, 2.05) is 0 Å². The number of H-pyrrole nitrogens is 1. The van der Waals surface area contributed by atoms with Crippen LogP contribution in [0.4, 0.5) is 11.8 Å². The molecule has 0 radical (unpaired) electrons. The number of hydrogen-bond donors (Lipinski definition) is 10. The second-order valence-electron chi connectivity index (χ2n) is 14.2. The molecule has 12 N–H and O–H groups in total. The number of aliphatic imine (C=N–C) groups is 1. The highest BCUT2D eigenvalue weighted by molar-refractivity contribution is 8.09. The second-order valence-corrected chi connectivity index (χ2v) is 20.6. The molecule has 1 aromatic carbocycles. The highest BCUT2D eigenvalue weighted by atomic mass is 35.5. The lowest BCUT2D eigenvalue weighted by molar-refractivity contribution is -0.746. The van der Waals surface area contributed by atoms with Crippen molar-refractivity contribution >= 4 is 80.4 Å². The van der Waals surface area contributed by atoms with Crippen molar-refractivity contribution in [2.24, 2.45) is 10.7 Å². The van der Waals surface area contributed by atoms with E-state index in [9.17, 15) is 43.9 Å². The molecule has 0 aliphatic carbocycles. The Bertz CT molecular complexity index is 2640. The number of fused-ring (bicyclic) bond motifs is 2. The van der Waals surface area contributed by atoms with Crippen LogP contribution in [0.3, 0.4) is 0 Å². The summed E-state index contributed by atoms with van der Waals surface area (Å²) < 4.78 is 77.4. The topological polar surface area (TPSA) is 387 Å². The molecule has 3 aliphatic rings. The van der Waals surface area contributed by atoms with Crippen molar-refractivity contribution in [2.75, 3.05) is 45.9 Å². The van der Waals surface area contributed by atoms with Crippen molar-refractivity contribution in [3.05, 3.63) is 64.6 Å². The summed E-state index contributed by atoms with van der Waals surface area (Å²) in [7, 11) is -9.61. The molecule has 5 unspecified atom stereocenters. The SMILES string of the molecule is C=C1NC(N)=Nc2c1ncn2[C@@H]1OC(COP(=O)(O)OP(O)(=S)OP(=O)(O)OC[C@H]2OC([n+]3cn(CCOc4ccc(Cl)cc4)c4c(=O)[nH]c(N)nc43)[C@H](OCCOC)[C@@H]2O)[C@@H](O)[C@H]1O. The van der Waals surface area contributed by atoms with Gasteiger partial charge in [-0.2, -0.15) is 4.99 Å². The predicted molar refractivity (Wildman–Crippen MR) is 225 cm³/mol. The Hall–Kier alpha value is -3.77. The summed E-state index contributed by atoms with van der Waals surface area (Å²) in [6, 6.07) is 6.60. The molecule has 4 aromatic rings. The molecule has 0 spiro atoms. The number of rotatable bonds is 20. The van der Waals surface area contributed by atoms with Gasteiger partial charge in [0, 0.05) is 12.1 Å². The summed E-state index contributed by atoms with van der Waals surface area (Å²) in [5.74, 6) is 0.323. The van der Waals surface area contributed by atoms with E-state index in [0.29, 0.717) is 16.5 Å². The molecule has 6 heterocycles. The van der Waals surface area contributed by atoms with E-state index < -0.39 is 90.2 Å². The van der Waals surface area contributed by atoms with E-state index in [4.69, 9.17) is 67.6 Å². The van der Waals surface area contributed by atoms with Crippen molar-refractivity contribution in [2.45, 2.75) is 55.6 Å². The second kappa shape index (κ2) is 19.8. The number of nitrogens with two attached hydrogens (primary N) is 2. The fourth-order valence-corrected chi connectivity index (χ4v) is 12.0. The predicted octanol–water partition coefficient (Wildman–Crippen LogP) is -0.863. The molecule has 65 heavy (non-hydrogen) atoms. The van der Waals surface area contributed by atoms with Gasteiger partial charge in [0.05, 0.1) is 38.5 Å². The average molecular weight is 1020 g/mol. The van der Waals surface area contributed by atoms with Crippen LogP contribution >= 0.6 is 34.0 Å². The number of phosphoric ester groups is 2. The summed E-state index contributed by atoms with van der Waals surface area (Å²) in [6.07, 6.45) is -9.27. The zero-order chi connectivity index (χ0) is 47.0. The highest BCUT2D eigenvalue weighted by Crippen LogP contribution is 2.68. The number of aromatic amines is 1. The van der Waals surface area contributed by atoms with E-state index in [-0.39, 0.29) is 60.9 Å². The number of nitrogens with zero attached hydrogens (tertiary/aromatic N) is 6. The first-order valence-corrected chi connectivity index (χ1v) is 24.8. The Labute approximate surface area is 376 Å². The first kappa shape index (κ1) is 49.1. The number of halogens is 1. The van der Waals surface area contributed by atoms with Crippen molar-refractivity contribution in [1.82, 2.24) is 29.4 Å². The Morgan fingerprint density at radius 2 is 1.65 bits per heavy atom. The van der Waals surface area contributed by atoms with Gasteiger partial charge in [-0.15, -0.1) is 0 Å². The molecule has 11 atom stereocenters. The largest absolute Gasteiger partial charge is 0.490 e. The molecule has 3 aromatic heterocycles. The van der Waals surface area contributed by atoms with Gasteiger partial charge in [-0.25, -0.2) is 27.3 Å². The normalized spacial score (nSPS) is 27.1. The van der Waals surface area contributed by atoms with Crippen LogP contribution in [0.2, 0.25) is 5.02 Å². The van der Waals surface area contributed by atoms with Crippen molar-refractivity contribution in [1.29, 1.82) is 0 Å². The summed E-state index contributed by atoms with van der Waals surface area (Å²) in [5, 5.41) is 35.9. The number of anilines is 1. The van der Waals surface area contributed by atoms with Gasteiger partial charge < -0.3 is 70.5 Å². The highest BCUT2D eigenvalue weighted by Gasteiger charge is 2.51. The van der Waals surface area contributed by atoms with Crippen molar-refractivity contribution < 1.29 is 85.1 Å². The maximum atomic E-state index is 13.2. The Balaban J connectivity index is 0.988. The third-order valence-corrected chi connectivity index (χ3v) is 15.4. The zero-order valence-electron chi connectivity index (χ0n) is 33.6. The minimum atomic E-state index is -5.53. The first-order chi connectivity index (χ1) is 30.7. The number of methoxy groups -OCH3 is 1. The number of ether oxygens (including phenoxy) is 5. The van der Waals surface area contributed by atoms with E-state index >= 15 is 0 Å². The molecular weight excluding hydrogens is 973 g/mol. The van der Waals surface area contributed by atoms with E-state index in [1.165, 1.54) is 33.5 Å². The van der Waals surface area contributed by atoms with Crippen LogP contribution in [0.1, 0.15) is 18.1 Å². The lowest BCUT2D eigenvalue weighted by atomic mass is 10.1. The lowest BCUT2D eigenvalue weighted by Gasteiger charge is -2.23. The van der Waals surface area contributed by atoms with Gasteiger partial charge >= 0.3 is 28.0 Å². The smallest absolute Gasteiger partial charge is 0.479 e. The quantitative estimate of drug-likeness (QED) is 0.0292. The summed E-state index contributed by atoms with van der Waals surface area (Å²) in [6.45, 7) is -3.19. The van der Waals surface area contributed by atoms with Gasteiger partial charge in [0.25, 0.3) is 11.5 Å². The maximum absolute atomic E-state index is 13.2. The van der Waals surface area contributed by atoms with Crippen molar-refractivity contribution in [3.8, 4) is 5.75 Å². The lowest BCUT2D eigenvalue weighted by Crippen LogP contribution is -2.47. The molecule has 356 valence electrons. The molecule has 7 rings (SSSR count). The molecular formula is C32H43ClN10O18P3S+. The van der Waals surface area contributed by atoms with Gasteiger partial charge in [0.2, 0.25) is 11.7 Å². The fourth-order valence-electron chi connectivity index (χ4n) is 6.82. The third-order valence-electron chi connectivity index (χ3n) is 9.68. The number of hydrogen-bond acceptors (Lipinski definition) is 22. The number of aromatic nitrogens is 6. The van der Waals surface area contributed by atoms with E-state index in [1.54, 1.807) is 24.3 Å². The summed E-state index contributed by atoms with van der Waals surface area (Å²) >= 11 is 10.7. The number of nitrogens with one attached hydrogen (secondary N) is 2.